The van der Waals surface area contributed by atoms with Crippen molar-refractivity contribution < 1.29 is 19.2 Å². The molecule has 16 rings (SSSR count). The van der Waals surface area contributed by atoms with Crippen LogP contribution in [-0.2, 0) is 44.9 Å². The second-order valence-electron chi connectivity index (χ2n) is 32.0. The zero-order valence-corrected chi connectivity index (χ0v) is 52.9. The van der Waals surface area contributed by atoms with Crippen molar-refractivity contribution in [2.75, 3.05) is 39.1 Å². The van der Waals surface area contributed by atoms with E-state index in [0.717, 1.165) is 132 Å². The van der Waals surface area contributed by atoms with E-state index in [9.17, 15) is 19.2 Å². The Morgan fingerprint density at radius 3 is 1.42 bits per heavy atom. The predicted molar refractivity (Wildman–Crippen MR) is 374 cm³/mol. The van der Waals surface area contributed by atoms with E-state index in [0.29, 0.717) is 108 Å². The quantitative estimate of drug-likeness (QED) is 0.0680. The molecule has 6 saturated carbocycles. The maximum Gasteiger partial charge on any atom is 0.223 e. The zero-order valence-electron chi connectivity index (χ0n) is 52.9. The minimum absolute atomic E-state index is 0. The smallest absolute Gasteiger partial charge is 0.223 e. The molecular weight excluding hydrogens is 1160 g/mol. The lowest BCUT2D eigenvalue weighted by Gasteiger charge is -2.22. The second kappa shape index (κ2) is 30.5. The predicted octanol–water partition coefficient (Wildman–Crippen LogP) is 6.94. The Morgan fingerprint density at radius 2 is 0.914 bits per heavy atom. The highest BCUT2D eigenvalue weighted by Gasteiger charge is 2.51. The number of carbonyl (C=O) groups is 4. The second-order valence-corrected chi connectivity index (χ2v) is 32.0. The van der Waals surface area contributed by atoms with E-state index >= 15 is 0 Å². The fourth-order valence-electron chi connectivity index (χ4n) is 22.0. The lowest BCUT2D eigenvalue weighted by molar-refractivity contribution is -0.125. The topological polar surface area (TPSA) is 246 Å². The Balaban J connectivity index is 0.000000193. The van der Waals surface area contributed by atoms with E-state index in [1.54, 1.807) is 0 Å². The van der Waals surface area contributed by atoms with Gasteiger partial charge in [-0.05, 0) is 239 Å². The Morgan fingerprint density at radius 1 is 0.452 bits per heavy atom. The first kappa shape index (κ1) is 71.9. The van der Waals surface area contributed by atoms with E-state index in [1.807, 2.05) is 0 Å². The molecule has 14 aliphatic rings. The number of nitrogens with zero attached hydrogens (tertiary/aromatic N) is 2. The Labute approximate surface area is 562 Å². The van der Waals surface area contributed by atoms with Gasteiger partial charge >= 0.3 is 0 Å². The third kappa shape index (κ3) is 15.1. The molecule has 2 unspecified atom stereocenters. The number of hydrogen-bond donors (Lipinski definition) is 12. The number of rotatable bonds is 18. The Kier molecular flexibility index (Phi) is 23.6. The lowest BCUT2D eigenvalue weighted by Crippen LogP contribution is -2.39. The van der Waals surface area contributed by atoms with Crippen molar-refractivity contribution in [3.63, 3.8) is 0 Å². The molecule has 6 aliphatic heterocycles. The van der Waals surface area contributed by atoms with Gasteiger partial charge in [0.15, 0.2) is 0 Å². The van der Waals surface area contributed by atoms with Crippen LogP contribution in [0.1, 0.15) is 226 Å². The third-order valence-corrected chi connectivity index (χ3v) is 26.3. The summed E-state index contributed by atoms with van der Waals surface area (Å²) in [5.74, 6) is 11.0. The first-order chi connectivity index (χ1) is 42.8. The molecule has 6 saturated heterocycles. The SMILES string of the molecule is C.C.C.C.C.[B]CNC(=O)[C@@H]1C[C@@H]2C[C@H](CC(C)CNC(=O)[C@H]3C[C@H]4C[C@@H]([C@H]5Cc6nc([C@H]7C[C@H]8CCN[C@H]8C7)[nH]c6C5)N[C@H]4C3)N[C@@H]2C1.[B]CNC(=O)[C@@H]1C[C@@H]2C[C@H]([C@@H]3Cc4nc(C(C)CNC(=O)[C@H]5C[C@H]6C[C@@H](C[C@H]7C[C@H]8CCN[C@H]8C7)N[C@H]6C5)[nH]c4C3)N[C@@H]2C1. The number of aromatic nitrogens is 4. The Hall–Kier alpha value is -3.81. The minimum Gasteiger partial charge on any atom is -0.365 e. The summed E-state index contributed by atoms with van der Waals surface area (Å²) in [5, 5.41) is 35.2. The van der Waals surface area contributed by atoms with E-state index in [2.05, 4.69) is 77.0 Å². The summed E-state index contributed by atoms with van der Waals surface area (Å²) >= 11 is 0. The van der Waals surface area contributed by atoms with Gasteiger partial charge in [-0.1, -0.05) is 51.0 Å². The summed E-state index contributed by atoms with van der Waals surface area (Å²) in [6.07, 6.45) is 27.7. The Bertz CT molecular complexity index is 2730. The minimum atomic E-state index is 0. The third-order valence-electron chi connectivity index (χ3n) is 26.3. The van der Waals surface area contributed by atoms with Crippen molar-refractivity contribution in [1.29, 1.82) is 0 Å². The number of imidazole rings is 2. The fraction of sp³-hybridized carbons (Fsp3) is 0.863. The number of fused-ring (bicyclic) bond motifs is 8. The highest BCUT2D eigenvalue weighted by atomic mass is 16.2. The maximum atomic E-state index is 13.2. The number of aromatic amines is 2. The molecule has 20 heteroatoms. The first-order valence-electron chi connectivity index (χ1n) is 36.0. The van der Waals surface area contributed by atoms with Gasteiger partial charge in [-0.2, -0.15) is 0 Å². The summed E-state index contributed by atoms with van der Waals surface area (Å²) in [4.78, 5) is 68.3. The van der Waals surface area contributed by atoms with Crippen molar-refractivity contribution in [1.82, 2.24) is 73.1 Å². The summed E-state index contributed by atoms with van der Waals surface area (Å²) in [6.45, 7) is 8.24. The molecule has 93 heavy (non-hydrogen) atoms. The standard InChI is InChI=1S/2C34H52BN7O2.5CH4/c1-17(15-37-33(43)23-7-20-9-25(39-27(20)13-23)5-18-4-19-2-3-36-26(19)6-18)32-41-30-11-22(12-31(30)42-32)28-10-21-8-24(14-29(21)40-28)34(44)38-16-35;1-17(4-25-8-19-6-24(13-27(19)39-25)34(44)38-16-35)15-37-33(43)23-7-20-9-28(40-29(20)14-23)21-10-30-31(11-21)42-32(41-30)22-5-18-2-3-36-26(18)12-22;;;;;/h2*17-29,36,39-40H,2-16H2,1H3,(H,37,43)(H,38,44)(H,41,42);5*1H4/t17?,18-,19-,20+,21-,23+,24-,25-,26+,27+,28-,29-;17?,18-,19-,20+,22+,23+,24-,25+,26+,27-,28+,29+;;;;;/m11...../s1. The number of carbonyl (C=O) groups excluding carboxylic acids is 4. The van der Waals surface area contributed by atoms with Crippen molar-refractivity contribution in [2.24, 2.45) is 82.9 Å². The van der Waals surface area contributed by atoms with Crippen molar-refractivity contribution >= 4 is 39.3 Å². The molecule has 516 valence electrons. The van der Waals surface area contributed by atoms with Gasteiger partial charge in [0.25, 0.3) is 0 Å². The molecule has 12 N–H and O–H groups in total. The van der Waals surface area contributed by atoms with E-state index in [1.165, 1.54) is 99.5 Å². The summed E-state index contributed by atoms with van der Waals surface area (Å²) < 4.78 is 0. The molecule has 18 nitrogen and oxygen atoms in total. The van der Waals surface area contributed by atoms with Crippen LogP contribution in [0.4, 0.5) is 0 Å². The summed E-state index contributed by atoms with van der Waals surface area (Å²) in [6, 6.07) is 5.61. The van der Waals surface area contributed by atoms with Crippen LogP contribution in [0.5, 0.6) is 0 Å². The average Bonchev–Trinajstić information content (AvgIpc) is 1.67. The molecule has 0 spiro atoms. The van der Waals surface area contributed by atoms with Crippen LogP contribution in [0.15, 0.2) is 0 Å². The van der Waals surface area contributed by atoms with Crippen LogP contribution in [0.2, 0.25) is 0 Å². The van der Waals surface area contributed by atoms with Crippen LogP contribution in [0.3, 0.4) is 0 Å². The molecule has 2 aromatic heterocycles. The fourth-order valence-corrected chi connectivity index (χ4v) is 22.0. The van der Waals surface area contributed by atoms with Crippen molar-refractivity contribution in [3.05, 3.63) is 34.4 Å². The van der Waals surface area contributed by atoms with E-state index in [-0.39, 0.29) is 103 Å². The highest BCUT2D eigenvalue weighted by molar-refractivity contribution is 6.10. The molecule has 0 bridgehead atoms. The molecule has 0 aromatic carbocycles. The largest absolute Gasteiger partial charge is 0.365 e. The van der Waals surface area contributed by atoms with Crippen LogP contribution < -0.4 is 53.2 Å². The highest BCUT2D eigenvalue weighted by Crippen LogP contribution is 2.48. The molecule has 2 aromatic rings. The number of amides is 4. The molecule has 8 aliphatic carbocycles. The molecule has 12 fully saturated rings. The van der Waals surface area contributed by atoms with Crippen LogP contribution >= 0.6 is 0 Å². The number of nitrogens with one attached hydrogen (secondary N) is 12. The van der Waals surface area contributed by atoms with E-state index < -0.39 is 0 Å². The van der Waals surface area contributed by atoms with Crippen LogP contribution in [0, 0.1) is 82.9 Å². The van der Waals surface area contributed by atoms with Crippen molar-refractivity contribution in [3.8, 4) is 0 Å². The van der Waals surface area contributed by atoms with Gasteiger partial charge in [0.05, 0.1) is 27.1 Å². The summed E-state index contributed by atoms with van der Waals surface area (Å²) in [5.41, 5.74) is 5.22. The lowest BCUT2D eigenvalue weighted by atomic mass is 9.91. The maximum absolute atomic E-state index is 13.2. The van der Waals surface area contributed by atoms with Gasteiger partial charge in [-0.3, -0.25) is 19.2 Å². The molecule has 4 amide bonds. The van der Waals surface area contributed by atoms with Gasteiger partial charge in [0, 0.05) is 120 Å². The van der Waals surface area contributed by atoms with Crippen LogP contribution in [-0.4, -0.2) is 159 Å². The zero-order chi connectivity index (χ0) is 59.9. The van der Waals surface area contributed by atoms with Crippen LogP contribution in [0.25, 0.3) is 0 Å². The van der Waals surface area contributed by atoms with Gasteiger partial charge < -0.3 is 63.1 Å². The number of hydrogen-bond acceptors (Lipinski definition) is 12. The molecule has 8 heterocycles. The van der Waals surface area contributed by atoms with Gasteiger partial charge in [-0.15, -0.1) is 0 Å². The van der Waals surface area contributed by atoms with Crippen molar-refractivity contribution in [2.45, 2.75) is 277 Å². The van der Waals surface area contributed by atoms with Gasteiger partial charge in [0.2, 0.25) is 23.6 Å². The number of H-pyrrole nitrogens is 2. The molecule has 26 atom stereocenters. The molecule has 4 radical (unpaired) electrons. The molecular formula is C73H124B2N14O4. The van der Waals surface area contributed by atoms with Gasteiger partial charge in [-0.25, -0.2) is 9.97 Å². The summed E-state index contributed by atoms with van der Waals surface area (Å²) in [7, 11) is 11.0. The van der Waals surface area contributed by atoms with E-state index in [4.69, 9.17) is 25.7 Å². The first-order valence-corrected chi connectivity index (χ1v) is 36.0. The monoisotopic (exact) mass is 1280 g/mol. The average molecular weight is 1280 g/mol. The van der Waals surface area contributed by atoms with Gasteiger partial charge in [0.1, 0.15) is 11.6 Å². The normalized spacial score (nSPS) is 39.2.